The lowest BCUT2D eigenvalue weighted by Crippen LogP contribution is -2.18. The van der Waals surface area contributed by atoms with Crippen LogP contribution in [0.25, 0.3) is 11.1 Å². The molecule has 4 heteroatoms. The number of pyridine rings is 1. The highest BCUT2D eigenvalue weighted by atomic mass is 16.5. The highest BCUT2D eigenvalue weighted by Gasteiger charge is 2.13. The van der Waals surface area contributed by atoms with Crippen LogP contribution in [-0.2, 0) is 6.54 Å². The number of ether oxygens (including phenoxy) is 2. The lowest BCUT2D eigenvalue weighted by atomic mass is 10.1. The van der Waals surface area contributed by atoms with Crippen LogP contribution in [0.4, 0.5) is 0 Å². The molecule has 1 aromatic heterocycles. The van der Waals surface area contributed by atoms with Crippen LogP contribution in [0.15, 0.2) is 36.7 Å². The summed E-state index contributed by atoms with van der Waals surface area (Å²) >= 11 is 0. The van der Waals surface area contributed by atoms with Crippen LogP contribution in [0.5, 0.6) is 11.5 Å². The van der Waals surface area contributed by atoms with Gasteiger partial charge in [0.05, 0.1) is 14.2 Å². The van der Waals surface area contributed by atoms with Crippen molar-refractivity contribution in [3.05, 3.63) is 42.2 Å². The van der Waals surface area contributed by atoms with Crippen LogP contribution in [-0.4, -0.2) is 37.2 Å². The average molecular weight is 298 g/mol. The molecule has 3 rings (SSSR count). The van der Waals surface area contributed by atoms with Crippen molar-refractivity contribution in [2.75, 3.05) is 27.3 Å². The van der Waals surface area contributed by atoms with Crippen molar-refractivity contribution < 1.29 is 9.47 Å². The lowest BCUT2D eigenvalue weighted by molar-refractivity contribution is 0.331. The first kappa shape index (κ1) is 14.9. The SMILES string of the molecule is COc1ccc(-c2cncc(CN3CCCC3)c2)cc1OC. The van der Waals surface area contributed by atoms with E-state index in [0.29, 0.717) is 0 Å². The molecule has 0 radical (unpaired) electrons. The van der Waals surface area contributed by atoms with Gasteiger partial charge in [0.25, 0.3) is 0 Å². The number of aromatic nitrogens is 1. The molecule has 1 fully saturated rings. The summed E-state index contributed by atoms with van der Waals surface area (Å²) in [6.45, 7) is 3.37. The molecule has 0 atom stereocenters. The summed E-state index contributed by atoms with van der Waals surface area (Å²) in [7, 11) is 3.30. The second kappa shape index (κ2) is 6.79. The fourth-order valence-corrected chi connectivity index (χ4v) is 2.95. The average Bonchev–Trinajstić information content (AvgIpc) is 3.07. The molecule has 0 spiro atoms. The Hall–Kier alpha value is -2.07. The Bertz CT molecular complexity index is 637. The monoisotopic (exact) mass is 298 g/mol. The summed E-state index contributed by atoms with van der Waals surface area (Å²) in [4.78, 5) is 6.88. The molecule has 1 aromatic carbocycles. The quantitative estimate of drug-likeness (QED) is 0.848. The number of methoxy groups -OCH3 is 2. The fraction of sp³-hybridized carbons (Fsp3) is 0.389. The molecule has 0 N–H and O–H groups in total. The van der Waals surface area contributed by atoms with Crippen LogP contribution in [0.3, 0.4) is 0 Å². The Morgan fingerprint density at radius 1 is 0.955 bits per heavy atom. The number of hydrogen-bond donors (Lipinski definition) is 0. The van der Waals surface area contributed by atoms with E-state index in [0.717, 1.165) is 29.2 Å². The molecule has 1 aliphatic heterocycles. The predicted molar refractivity (Wildman–Crippen MR) is 87.3 cm³/mol. The van der Waals surface area contributed by atoms with E-state index in [9.17, 15) is 0 Å². The minimum Gasteiger partial charge on any atom is -0.493 e. The third-order valence-corrected chi connectivity index (χ3v) is 4.12. The number of likely N-dealkylation sites (tertiary alicyclic amines) is 1. The summed E-state index contributed by atoms with van der Waals surface area (Å²) in [6, 6.07) is 8.18. The predicted octanol–water partition coefficient (Wildman–Crippen LogP) is 3.36. The Labute approximate surface area is 131 Å². The molecule has 1 saturated heterocycles. The number of nitrogens with zero attached hydrogens (tertiary/aromatic N) is 2. The standard InChI is InChI=1S/C18H22N2O2/c1-21-17-6-5-15(10-18(17)22-2)16-9-14(11-19-12-16)13-20-7-3-4-8-20/h5-6,9-12H,3-4,7-8,13H2,1-2H3. The van der Waals surface area contributed by atoms with Gasteiger partial charge in [0.1, 0.15) is 0 Å². The van der Waals surface area contributed by atoms with Gasteiger partial charge in [0.2, 0.25) is 0 Å². The van der Waals surface area contributed by atoms with Crippen LogP contribution in [0.1, 0.15) is 18.4 Å². The highest BCUT2D eigenvalue weighted by Crippen LogP contribution is 2.32. The maximum atomic E-state index is 5.38. The van der Waals surface area contributed by atoms with Gasteiger partial charge in [-0.25, -0.2) is 0 Å². The van der Waals surface area contributed by atoms with Gasteiger partial charge in [-0.15, -0.1) is 0 Å². The topological polar surface area (TPSA) is 34.6 Å². The highest BCUT2D eigenvalue weighted by molar-refractivity contribution is 5.67. The van der Waals surface area contributed by atoms with E-state index in [-0.39, 0.29) is 0 Å². The van der Waals surface area contributed by atoms with E-state index in [1.807, 2.05) is 30.6 Å². The molecular weight excluding hydrogens is 276 g/mol. The van der Waals surface area contributed by atoms with E-state index in [1.165, 1.54) is 31.5 Å². The fourth-order valence-electron chi connectivity index (χ4n) is 2.95. The molecule has 0 aliphatic carbocycles. The van der Waals surface area contributed by atoms with Crippen LogP contribution in [0.2, 0.25) is 0 Å². The molecule has 116 valence electrons. The first-order valence-electron chi connectivity index (χ1n) is 7.69. The van der Waals surface area contributed by atoms with Crippen molar-refractivity contribution in [2.24, 2.45) is 0 Å². The molecular formula is C18H22N2O2. The Balaban J connectivity index is 1.84. The van der Waals surface area contributed by atoms with Gasteiger partial charge < -0.3 is 9.47 Å². The maximum absolute atomic E-state index is 5.38. The molecule has 1 aliphatic rings. The van der Waals surface area contributed by atoms with E-state index >= 15 is 0 Å². The minimum atomic E-state index is 0.741. The van der Waals surface area contributed by atoms with Gasteiger partial charge in [-0.2, -0.15) is 0 Å². The summed E-state index contributed by atoms with van der Waals surface area (Å²) in [5.74, 6) is 1.48. The van der Waals surface area contributed by atoms with Gasteiger partial charge >= 0.3 is 0 Å². The Morgan fingerprint density at radius 2 is 1.73 bits per heavy atom. The lowest BCUT2D eigenvalue weighted by Gasteiger charge is -2.15. The minimum absolute atomic E-state index is 0.741. The van der Waals surface area contributed by atoms with Crippen molar-refractivity contribution in [3.63, 3.8) is 0 Å². The number of hydrogen-bond acceptors (Lipinski definition) is 4. The summed E-state index contributed by atoms with van der Waals surface area (Å²) < 4.78 is 10.7. The zero-order valence-electron chi connectivity index (χ0n) is 13.2. The number of rotatable bonds is 5. The van der Waals surface area contributed by atoms with Gasteiger partial charge in [0, 0.05) is 24.5 Å². The first-order valence-corrected chi connectivity index (χ1v) is 7.69. The summed E-state index contributed by atoms with van der Waals surface area (Å²) in [6.07, 6.45) is 6.48. The van der Waals surface area contributed by atoms with E-state index in [4.69, 9.17) is 9.47 Å². The van der Waals surface area contributed by atoms with Crippen molar-refractivity contribution in [3.8, 4) is 22.6 Å². The first-order chi connectivity index (χ1) is 10.8. The second-order valence-electron chi connectivity index (χ2n) is 5.63. The zero-order chi connectivity index (χ0) is 15.4. The molecule has 0 amide bonds. The third kappa shape index (κ3) is 3.22. The Kier molecular flexibility index (Phi) is 4.59. The van der Waals surface area contributed by atoms with Gasteiger partial charge in [-0.1, -0.05) is 6.07 Å². The van der Waals surface area contributed by atoms with Gasteiger partial charge in [0.15, 0.2) is 11.5 Å². The van der Waals surface area contributed by atoms with E-state index in [2.05, 4.69) is 16.0 Å². The molecule has 0 bridgehead atoms. The van der Waals surface area contributed by atoms with Crippen molar-refractivity contribution in [2.45, 2.75) is 19.4 Å². The van der Waals surface area contributed by atoms with Crippen molar-refractivity contribution in [1.82, 2.24) is 9.88 Å². The molecule has 2 aromatic rings. The zero-order valence-corrected chi connectivity index (χ0v) is 13.2. The second-order valence-corrected chi connectivity index (χ2v) is 5.63. The molecule has 0 saturated carbocycles. The Morgan fingerprint density at radius 3 is 2.45 bits per heavy atom. The number of benzene rings is 1. The smallest absolute Gasteiger partial charge is 0.161 e. The van der Waals surface area contributed by atoms with Crippen molar-refractivity contribution >= 4 is 0 Å². The van der Waals surface area contributed by atoms with Crippen LogP contribution in [0, 0.1) is 0 Å². The van der Waals surface area contributed by atoms with Crippen LogP contribution < -0.4 is 9.47 Å². The van der Waals surface area contributed by atoms with Gasteiger partial charge in [-0.3, -0.25) is 9.88 Å². The van der Waals surface area contributed by atoms with Gasteiger partial charge in [-0.05, 0) is 55.3 Å². The molecule has 4 nitrogen and oxygen atoms in total. The van der Waals surface area contributed by atoms with E-state index in [1.54, 1.807) is 14.2 Å². The molecule has 2 heterocycles. The molecule has 0 unspecified atom stereocenters. The van der Waals surface area contributed by atoms with Crippen LogP contribution >= 0.6 is 0 Å². The summed E-state index contributed by atoms with van der Waals surface area (Å²) in [5, 5.41) is 0. The largest absolute Gasteiger partial charge is 0.493 e. The van der Waals surface area contributed by atoms with Crippen molar-refractivity contribution in [1.29, 1.82) is 0 Å². The maximum Gasteiger partial charge on any atom is 0.161 e. The van der Waals surface area contributed by atoms with E-state index < -0.39 is 0 Å². The third-order valence-electron chi connectivity index (χ3n) is 4.12. The molecule has 22 heavy (non-hydrogen) atoms. The normalized spacial score (nSPS) is 15.0. The summed E-state index contributed by atoms with van der Waals surface area (Å²) in [5.41, 5.74) is 3.46.